The summed E-state index contributed by atoms with van der Waals surface area (Å²) in [6.07, 6.45) is 4.54. The first-order valence-corrected chi connectivity index (χ1v) is 13.5. The first-order chi connectivity index (χ1) is 16.9. The van der Waals surface area contributed by atoms with E-state index >= 15 is 0 Å². The Hall–Kier alpha value is -3.32. The van der Waals surface area contributed by atoms with E-state index in [1.165, 1.54) is 17.1 Å². The van der Waals surface area contributed by atoms with Crippen molar-refractivity contribution in [3.8, 4) is 11.5 Å². The van der Waals surface area contributed by atoms with Crippen molar-refractivity contribution in [1.82, 2.24) is 5.32 Å². The molecule has 0 saturated heterocycles. The van der Waals surface area contributed by atoms with Crippen LogP contribution in [-0.4, -0.2) is 26.9 Å². The number of nitrogens with one attached hydrogen (secondary N) is 1. The van der Waals surface area contributed by atoms with Crippen LogP contribution in [0.3, 0.4) is 0 Å². The Morgan fingerprint density at radius 1 is 0.914 bits per heavy atom. The molecule has 3 atom stereocenters. The van der Waals surface area contributed by atoms with Crippen molar-refractivity contribution in [1.29, 1.82) is 0 Å². The van der Waals surface area contributed by atoms with Crippen molar-refractivity contribution in [3.63, 3.8) is 0 Å². The second-order valence-corrected chi connectivity index (χ2v) is 11.4. The molecule has 182 valence electrons. The third-order valence-corrected chi connectivity index (χ3v) is 8.87. The Kier molecular flexibility index (Phi) is 6.52. The van der Waals surface area contributed by atoms with Crippen LogP contribution in [0.4, 0.5) is 5.69 Å². The smallest absolute Gasteiger partial charge is 0.264 e. The highest BCUT2D eigenvalue weighted by Crippen LogP contribution is 2.44. The van der Waals surface area contributed by atoms with Crippen LogP contribution in [-0.2, 0) is 14.8 Å². The van der Waals surface area contributed by atoms with Gasteiger partial charge in [0.2, 0.25) is 5.91 Å². The van der Waals surface area contributed by atoms with Gasteiger partial charge in [0.05, 0.1) is 10.6 Å². The number of carbonyl (C=O) groups is 1. The fourth-order valence-electron chi connectivity index (χ4n) is 5.26. The highest BCUT2D eigenvalue weighted by Gasteiger charge is 2.40. The van der Waals surface area contributed by atoms with Crippen LogP contribution in [0.1, 0.15) is 31.2 Å². The monoisotopic (exact) mass is 490 g/mol. The number of hydrogen-bond donors (Lipinski definition) is 1. The van der Waals surface area contributed by atoms with E-state index in [4.69, 9.17) is 4.74 Å². The third kappa shape index (κ3) is 5.20. The second kappa shape index (κ2) is 9.74. The van der Waals surface area contributed by atoms with Crippen molar-refractivity contribution in [3.05, 3.63) is 84.4 Å². The number of amides is 1. The van der Waals surface area contributed by atoms with Gasteiger partial charge in [0.15, 0.2) is 0 Å². The van der Waals surface area contributed by atoms with Gasteiger partial charge in [0.1, 0.15) is 18.0 Å². The molecule has 2 aliphatic carbocycles. The molecular formula is C28H30N2O4S. The van der Waals surface area contributed by atoms with Crippen molar-refractivity contribution >= 4 is 21.6 Å². The largest absolute Gasteiger partial charge is 0.457 e. The van der Waals surface area contributed by atoms with Gasteiger partial charge in [-0.15, -0.1) is 0 Å². The molecule has 2 bridgehead atoms. The number of nitrogens with zero attached hydrogens (tertiary/aromatic N) is 1. The van der Waals surface area contributed by atoms with Crippen LogP contribution in [0.25, 0.3) is 0 Å². The van der Waals surface area contributed by atoms with Crippen molar-refractivity contribution in [2.24, 2.45) is 11.8 Å². The predicted molar refractivity (Wildman–Crippen MR) is 136 cm³/mol. The number of benzene rings is 3. The summed E-state index contributed by atoms with van der Waals surface area (Å²) in [4.78, 5) is 13.2. The van der Waals surface area contributed by atoms with Gasteiger partial charge in [-0.1, -0.05) is 42.3 Å². The van der Waals surface area contributed by atoms with E-state index in [1.54, 1.807) is 48.5 Å². The van der Waals surface area contributed by atoms with E-state index in [-0.39, 0.29) is 23.4 Å². The van der Waals surface area contributed by atoms with Gasteiger partial charge >= 0.3 is 0 Å². The number of anilines is 1. The van der Waals surface area contributed by atoms with E-state index < -0.39 is 10.0 Å². The zero-order chi connectivity index (χ0) is 24.4. The van der Waals surface area contributed by atoms with Crippen LogP contribution in [0, 0.1) is 18.8 Å². The van der Waals surface area contributed by atoms with Crippen molar-refractivity contribution < 1.29 is 17.9 Å². The molecule has 7 heteroatoms. The van der Waals surface area contributed by atoms with E-state index in [9.17, 15) is 13.2 Å². The molecule has 0 unspecified atom stereocenters. The minimum absolute atomic E-state index is 0.145. The van der Waals surface area contributed by atoms with E-state index in [0.29, 0.717) is 29.0 Å². The quantitative estimate of drug-likeness (QED) is 0.466. The molecule has 5 rings (SSSR count). The molecule has 2 aliphatic rings. The van der Waals surface area contributed by atoms with Crippen LogP contribution in [0.15, 0.2) is 83.8 Å². The zero-order valence-corrected chi connectivity index (χ0v) is 20.6. The van der Waals surface area contributed by atoms with Gasteiger partial charge in [0, 0.05) is 6.04 Å². The molecule has 0 aromatic heterocycles. The Balaban J connectivity index is 1.39. The highest BCUT2D eigenvalue weighted by molar-refractivity contribution is 7.92. The SMILES string of the molecule is Cc1ccc(S(=O)(=O)N(CC(=O)N[C@@H]2C[C@H]3CC[C@H]2C3)c2ccc(Oc3ccccc3)cc2)cc1. The number of fused-ring (bicyclic) bond motifs is 2. The van der Waals surface area contributed by atoms with Gasteiger partial charge in [0.25, 0.3) is 10.0 Å². The van der Waals surface area contributed by atoms with Crippen LogP contribution >= 0.6 is 0 Å². The zero-order valence-electron chi connectivity index (χ0n) is 19.8. The van der Waals surface area contributed by atoms with Crippen LogP contribution < -0.4 is 14.4 Å². The summed E-state index contributed by atoms with van der Waals surface area (Å²) in [7, 11) is -3.95. The summed E-state index contributed by atoms with van der Waals surface area (Å²) in [5.74, 6) is 2.20. The van der Waals surface area contributed by atoms with Gasteiger partial charge in [-0.25, -0.2) is 8.42 Å². The molecule has 0 radical (unpaired) electrons. The first kappa shape index (κ1) is 23.4. The second-order valence-electron chi connectivity index (χ2n) is 9.58. The van der Waals surface area contributed by atoms with E-state index in [1.807, 2.05) is 37.3 Å². The molecule has 6 nitrogen and oxygen atoms in total. The average Bonchev–Trinajstić information content (AvgIpc) is 3.47. The number of sulfonamides is 1. The lowest BCUT2D eigenvalue weighted by atomic mass is 9.95. The molecule has 0 heterocycles. The molecule has 1 amide bonds. The van der Waals surface area contributed by atoms with Crippen LogP contribution in [0.5, 0.6) is 11.5 Å². The predicted octanol–water partition coefficient (Wildman–Crippen LogP) is 5.29. The summed E-state index contributed by atoms with van der Waals surface area (Å²) in [6, 6.07) is 23.0. The summed E-state index contributed by atoms with van der Waals surface area (Å²) in [5.41, 5.74) is 1.38. The number of hydrogen-bond acceptors (Lipinski definition) is 4. The van der Waals surface area contributed by atoms with Crippen molar-refractivity contribution in [2.75, 3.05) is 10.8 Å². The maximum Gasteiger partial charge on any atom is 0.264 e. The molecule has 3 aromatic carbocycles. The number of carbonyl (C=O) groups excluding carboxylic acids is 1. The molecule has 1 N–H and O–H groups in total. The molecule has 0 aliphatic heterocycles. The number of rotatable bonds is 8. The maximum absolute atomic E-state index is 13.6. The lowest BCUT2D eigenvalue weighted by molar-refractivity contribution is -0.120. The fourth-order valence-corrected chi connectivity index (χ4v) is 6.68. The highest BCUT2D eigenvalue weighted by atomic mass is 32.2. The van der Waals surface area contributed by atoms with Crippen LogP contribution in [0.2, 0.25) is 0 Å². The summed E-state index contributed by atoms with van der Waals surface area (Å²) in [6.45, 7) is 1.63. The normalized spacial score (nSPS) is 21.0. The number of ether oxygens (including phenoxy) is 1. The third-order valence-electron chi connectivity index (χ3n) is 7.08. The minimum atomic E-state index is -3.95. The Bertz CT molecular complexity index is 1270. The van der Waals surface area contributed by atoms with Gasteiger partial charge in [-0.05, 0) is 86.6 Å². The standard InChI is InChI=1S/C28H30N2O4S/c1-20-7-15-26(16-8-20)35(32,33)30(19-28(31)29-27-18-21-9-10-22(27)17-21)23-11-13-25(14-12-23)34-24-5-3-2-4-6-24/h2-8,11-16,21-22,27H,9-10,17-19H2,1H3,(H,29,31)/t21-,22-,27+/m0/s1. The summed E-state index contributed by atoms with van der Waals surface area (Å²) >= 11 is 0. The first-order valence-electron chi connectivity index (χ1n) is 12.1. The minimum Gasteiger partial charge on any atom is -0.457 e. The topological polar surface area (TPSA) is 75.7 Å². The van der Waals surface area contributed by atoms with Gasteiger partial charge < -0.3 is 10.1 Å². The molecule has 3 aromatic rings. The molecule has 2 fully saturated rings. The maximum atomic E-state index is 13.6. The molecule has 2 saturated carbocycles. The van der Waals surface area contributed by atoms with E-state index in [0.717, 1.165) is 18.4 Å². The molecule has 0 spiro atoms. The Morgan fingerprint density at radius 3 is 2.23 bits per heavy atom. The van der Waals surface area contributed by atoms with Gasteiger partial charge in [-0.2, -0.15) is 0 Å². The Labute approximate surface area is 207 Å². The van der Waals surface area contributed by atoms with Gasteiger partial charge in [-0.3, -0.25) is 9.10 Å². The van der Waals surface area contributed by atoms with E-state index in [2.05, 4.69) is 5.32 Å². The molecule has 35 heavy (non-hydrogen) atoms. The summed E-state index contributed by atoms with van der Waals surface area (Å²) < 4.78 is 34.3. The Morgan fingerprint density at radius 2 is 1.60 bits per heavy atom. The average molecular weight is 491 g/mol. The number of aryl methyl sites for hydroxylation is 1. The fraction of sp³-hybridized carbons (Fsp3) is 0.321. The molecular weight excluding hydrogens is 460 g/mol. The van der Waals surface area contributed by atoms with Crippen molar-refractivity contribution in [2.45, 2.75) is 43.5 Å². The lowest BCUT2D eigenvalue weighted by Crippen LogP contribution is -2.45. The summed E-state index contributed by atoms with van der Waals surface area (Å²) in [5, 5.41) is 3.12. The lowest BCUT2D eigenvalue weighted by Gasteiger charge is -2.27. The number of para-hydroxylation sites is 1.